The van der Waals surface area contributed by atoms with Crippen LogP contribution in [0.5, 0.6) is 0 Å². The van der Waals surface area contributed by atoms with Gasteiger partial charge in [0.25, 0.3) is 0 Å². The van der Waals surface area contributed by atoms with Crippen molar-refractivity contribution in [1.29, 1.82) is 0 Å². The van der Waals surface area contributed by atoms with E-state index in [1.165, 1.54) is 24.9 Å². The summed E-state index contributed by atoms with van der Waals surface area (Å²) < 4.78 is 0.815. The average molecular weight is 208 g/mol. The lowest BCUT2D eigenvalue weighted by Crippen LogP contribution is -2.22. The Morgan fingerprint density at radius 2 is 2.43 bits per heavy atom. The minimum absolute atomic E-state index is 0.604. The molecule has 1 aromatic rings. The van der Waals surface area contributed by atoms with Crippen molar-refractivity contribution in [1.82, 2.24) is 9.88 Å². The summed E-state index contributed by atoms with van der Waals surface area (Å²) in [4.78, 5) is 5.63. The smallest absolute Gasteiger partial charge is 0.103 e. The lowest BCUT2D eigenvalue weighted by molar-refractivity contribution is 0.271. The largest absolute Gasteiger partial charge is 0.353 e. The molecule has 0 unspecified atom stereocenters. The van der Waals surface area contributed by atoms with Gasteiger partial charge >= 0.3 is 0 Å². The molecule has 0 spiro atoms. The highest BCUT2D eigenvalue weighted by atomic mass is 32.1. The molecule has 0 aromatic carbocycles. The molecule has 1 aromatic heterocycles. The quantitative estimate of drug-likeness (QED) is 0.754. The van der Waals surface area contributed by atoms with E-state index in [-0.39, 0.29) is 0 Å². The highest BCUT2D eigenvalue weighted by molar-refractivity contribution is 7.71. The standard InChI is InChI=1S/C11H16N2S/c1-2-13-7-3-4-10(13)9-5-6-11(14)12-8-9/h5-6,8,10H,2-4,7H2,1H3,(H,12,14)/t10-/m0/s1. The maximum atomic E-state index is 5.03. The van der Waals surface area contributed by atoms with E-state index in [0.29, 0.717) is 6.04 Å². The SMILES string of the molecule is CCN1CCC[C@H]1c1ccc(=S)[nH]c1. The highest BCUT2D eigenvalue weighted by Crippen LogP contribution is 2.30. The van der Waals surface area contributed by atoms with Crippen LogP contribution in [0.25, 0.3) is 0 Å². The van der Waals surface area contributed by atoms with Crippen LogP contribution < -0.4 is 0 Å². The molecule has 1 fully saturated rings. The van der Waals surface area contributed by atoms with Crippen molar-refractivity contribution in [3.05, 3.63) is 28.5 Å². The van der Waals surface area contributed by atoms with Crippen LogP contribution in [-0.2, 0) is 0 Å². The fourth-order valence-corrected chi connectivity index (χ4v) is 2.34. The highest BCUT2D eigenvalue weighted by Gasteiger charge is 2.24. The van der Waals surface area contributed by atoms with Crippen molar-refractivity contribution < 1.29 is 0 Å². The first-order valence-electron chi connectivity index (χ1n) is 5.24. The number of H-pyrrole nitrogens is 1. The van der Waals surface area contributed by atoms with Gasteiger partial charge in [0.15, 0.2) is 0 Å². The van der Waals surface area contributed by atoms with Crippen LogP contribution in [0.3, 0.4) is 0 Å². The zero-order chi connectivity index (χ0) is 9.97. The summed E-state index contributed by atoms with van der Waals surface area (Å²) in [6.45, 7) is 4.60. The molecule has 1 atom stereocenters. The molecule has 0 amide bonds. The molecule has 2 heterocycles. The van der Waals surface area contributed by atoms with Gasteiger partial charge in [-0.15, -0.1) is 0 Å². The molecule has 1 N–H and O–H groups in total. The second-order valence-corrected chi connectivity index (χ2v) is 4.21. The van der Waals surface area contributed by atoms with Crippen molar-refractivity contribution in [2.45, 2.75) is 25.8 Å². The van der Waals surface area contributed by atoms with Gasteiger partial charge in [-0.3, -0.25) is 4.90 Å². The van der Waals surface area contributed by atoms with Gasteiger partial charge in [0.05, 0.1) is 0 Å². The van der Waals surface area contributed by atoms with Crippen LogP contribution in [-0.4, -0.2) is 23.0 Å². The fourth-order valence-electron chi connectivity index (χ4n) is 2.21. The molecule has 3 heteroatoms. The molecule has 2 nitrogen and oxygen atoms in total. The molecular formula is C11H16N2S. The van der Waals surface area contributed by atoms with Gasteiger partial charge in [-0.05, 0) is 37.6 Å². The number of nitrogens with zero attached hydrogens (tertiary/aromatic N) is 1. The molecule has 1 aliphatic heterocycles. The maximum absolute atomic E-state index is 5.03. The molecule has 2 rings (SSSR count). The predicted molar refractivity (Wildman–Crippen MR) is 60.8 cm³/mol. The van der Waals surface area contributed by atoms with Crippen molar-refractivity contribution >= 4 is 12.2 Å². The summed E-state index contributed by atoms with van der Waals surface area (Å²) in [5, 5.41) is 0. The van der Waals surface area contributed by atoms with Gasteiger partial charge in [-0.2, -0.15) is 0 Å². The molecule has 1 aliphatic rings. The number of nitrogens with one attached hydrogen (secondary N) is 1. The Morgan fingerprint density at radius 1 is 1.57 bits per heavy atom. The number of hydrogen-bond donors (Lipinski definition) is 1. The molecule has 76 valence electrons. The molecule has 0 aliphatic carbocycles. The van der Waals surface area contributed by atoms with Crippen LogP contribution in [0.4, 0.5) is 0 Å². The zero-order valence-corrected chi connectivity index (χ0v) is 9.31. The van der Waals surface area contributed by atoms with Gasteiger partial charge in [-0.25, -0.2) is 0 Å². The van der Waals surface area contributed by atoms with Gasteiger partial charge in [0.2, 0.25) is 0 Å². The molecule has 1 saturated heterocycles. The Hall–Kier alpha value is -0.670. The van der Waals surface area contributed by atoms with E-state index in [4.69, 9.17) is 12.2 Å². The van der Waals surface area contributed by atoms with Gasteiger partial charge in [-0.1, -0.05) is 25.2 Å². The topological polar surface area (TPSA) is 19.0 Å². The number of pyridine rings is 1. The average Bonchev–Trinajstić information content (AvgIpc) is 2.67. The second-order valence-electron chi connectivity index (χ2n) is 3.77. The van der Waals surface area contributed by atoms with E-state index in [0.717, 1.165) is 11.2 Å². The van der Waals surface area contributed by atoms with E-state index in [9.17, 15) is 0 Å². The molecular weight excluding hydrogens is 192 g/mol. The molecule has 0 bridgehead atoms. The van der Waals surface area contributed by atoms with Crippen molar-refractivity contribution in [2.24, 2.45) is 0 Å². The van der Waals surface area contributed by atoms with Crippen molar-refractivity contribution in [2.75, 3.05) is 13.1 Å². The summed E-state index contributed by atoms with van der Waals surface area (Å²) >= 11 is 5.03. The van der Waals surface area contributed by atoms with E-state index in [2.05, 4.69) is 29.1 Å². The third kappa shape index (κ3) is 1.88. The van der Waals surface area contributed by atoms with Gasteiger partial charge in [0.1, 0.15) is 4.64 Å². The summed E-state index contributed by atoms with van der Waals surface area (Å²) in [6.07, 6.45) is 4.65. The lowest BCUT2D eigenvalue weighted by Gasteiger charge is -2.22. The van der Waals surface area contributed by atoms with Crippen LogP contribution >= 0.6 is 12.2 Å². The minimum Gasteiger partial charge on any atom is -0.353 e. The first kappa shape index (κ1) is 9.87. The predicted octanol–water partition coefficient (Wildman–Crippen LogP) is 2.90. The number of likely N-dealkylation sites (tertiary alicyclic amines) is 1. The summed E-state index contributed by atoms with van der Waals surface area (Å²) in [6, 6.07) is 4.74. The summed E-state index contributed by atoms with van der Waals surface area (Å²) in [7, 11) is 0. The van der Waals surface area contributed by atoms with Gasteiger partial charge < -0.3 is 4.98 Å². The normalized spacial score (nSPS) is 22.8. The Bertz CT molecular complexity index is 338. The second kappa shape index (κ2) is 4.24. The molecule has 0 radical (unpaired) electrons. The van der Waals surface area contributed by atoms with Crippen LogP contribution in [0.2, 0.25) is 0 Å². The first-order valence-corrected chi connectivity index (χ1v) is 5.65. The van der Waals surface area contributed by atoms with E-state index in [1.807, 2.05) is 6.07 Å². The van der Waals surface area contributed by atoms with E-state index in [1.54, 1.807) is 0 Å². The monoisotopic (exact) mass is 208 g/mol. The van der Waals surface area contributed by atoms with Crippen LogP contribution in [0.15, 0.2) is 18.3 Å². The van der Waals surface area contributed by atoms with Crippen LogP contribution in [0.1, 0.15) is 31.4 Å². The lowest BCUT2D eigenvalue weighted by atomic mass is 10.1. The third-order valence-electron chi connectivity index (χ3n) is 2.96. The zero-order valence-electron chi connectivity index (χ0n) is 8.49. The minimum atomic E-state index is 0.604. The molecule has 0 saturated carbocycles. The Labute approximate surface area is 90.0 Å². The Morgan fingerprint density at radius 3 is 3.07 bits per heavy atom. The van der Waals surface area contributed by atoms with E-state index >= 15 is 0 Å². The third-order valence-corrected chi connectivity index (χ3v) is 3.22. The summed E-state index contributed by atoms with van der Waals surface area (Å²) in [5.74, 6) is 0. The summed E-state index contributed by atoms with van der Waals surface area (Å²) in [5.41, 5.74) is 1.37. The first-order chi connectivity index (χ1) is 6.81. The van der Waals surface area contributed by atoms with Crippen LogP contribution in [0, 0.1) is 4.64 Å². The number of rotatable bonds is 2. The Kier molecular flexibility index (Phi) is 2.99. The Balaban J connectivity index is 2.21. The van der Waals surface area contributed by atoms with Crippen molar-refractivity contribution in [3.63, 3.8) is 0 Å². The fraction of sp³-hybridized carbons (Fsp3) is 0.545. The number of hydrogen-bond acceptors (Lipinski definition) is 2. The number of aromatic nitrogens is 1. The number of aromatic amines is 1. The van der Waals surface area contributed by atoms with Crippen molar-refractivity contribution in [3.8, 4) is 0 Å². The van der Waals surface area contributed by atoms with Gasteiger partial charge in [0, 0.05) is 12.2 Å². The molecule has 14 heavy (non-hydrogen) atoms. The maximum Gasteiger partial charge on any atom is 0.103 e. The van der Waals surface area contributed by atoms with E-state index < -0.39 is 0 Å².